The second kappa shape index (κ2) is 5.95. The summed E-state index contributed by atoms with van der Waals surface area (Å²) < 4.78 is 0. The van der Waals surface area contributed by atoms with Gasteiger partial charge in [-0.2, -0.15) is 0 Å². The fraction of sp³-hybridized carbons (Fsp3) is 0.875. The van der Waals surface area contributed by atoms with E-state index < -0.39 is 12.0 Å². The van der Waals surface area contributed by atoms with Gasteiger partial charge in [0, 0.05) is 12.0 Å². The molecule has 0 aliphatic heterocycles. The molecule has 5 heteroatoms. The van der Waals surface area contributed by atoms with Crippen molar-refractivity contribution in [2.24, 2.45) is 16.6 Å². The van der Waals surface area contributed by atoms with Gasteiger partial charge in [0.2, 0.25) is 5.91 Å². The summed E-state index contributed by atoms with van der Waals surface area (Å²) >= 11 is 0. The molecule has 0 aromatic carbocycles. The molecule has 5 nitrogen and oxygen atoms in total. The van der Waals surface area contributed by atoms with E-state index in [1.54, 1.807) is 0 Å². The average Bonchev–Trinajstić information content (AvgIpc) is 2.19. The summed E-state index contributed by atoms with van der Waals surface area (Å²) in [6.45, 7) is 11.0. The van der Waals surface area contributed by atoms with Gasteiger partial charge in [0.05, 0.1) is 6.04 Å². The van der Waals surface area contributed by atoms with E-state index in [1.165, 1.54) is 0 Å². The summed E-state index contributed by atoms with van der Waals surface area (Å²) in [5.41, 5.74) is 5.84. The predicted molar refractivity (Wildman–Crippen MR) is 82.8 cm³/mol. The molecule has 1 saturated carbocycles. The van der Waals surface area contributed by atoms with Gasteiger partial charge in [-0.1, -0.05) is 27.7 Å². The van der Waals surface area contributed by atoms with Crippen LogP contribution >= 0.6 is 0 Å². The molecule has 1 atom stereocenters. The molecule has 0 radical (unpaired) electrons. The topological polar surface area (TPSA) is 92.4 Å². The monoisotopic (exact) mass is 298 g/mol. The second-order valence-electron chi connectivity index (χ2n) is 8.45. The Bertz CT molecular complexity index is 400. The summed E-state index contributed by atoms with van der Waals surface area (Å²) in [6.07, 6.45) is 3.02. The van der Waals surface area contributed by atoms with Crippen molar-refractivity contribution in [3.05, 3.63) is 0 Å². The normalized spacial score (nSPS) is 24.1. The fourth-order valence-corrected chi connectivity index (χ4v) is 4.48. The molecule has 0 saturated heterocycles. The minimum atomic E-state index is -0.926. The van der Waals surface area contributed by atoms with Gasteiger partial charge >= 0.3 is 5.97 Å². The number of carboxylic acids is 1. The minimum absolute atomic E-state index is 0.0811. The molecule has 0 heterocycles. The Morgan fingerprint density at radius 1 is 1.10 bits per heavy atom. The Morgan fingerprint density at radius 2 is 1.57 bits per heavy atom. The van der Waals surface area contributed by atoms with Crippen LogP contribution < -0.4 is 11.1 Å². The van der Waals surface area contributed by atoms with Crippen molar-refractivity contribution in [1.29, 1.82) is 0 Å². The molecule has 0 aromatic heterocycles. The van der Waals surface area contributed by atoms with E-state index in [2.05, 4.69) is 39.9 Å². The Hall–Kier alpha value is -1.10. The number of carboxylic acid groups (broad SMARTS) is 1. The number of aliphatic carboxylic acids is 1. The van der Waals surface area contributed by atoms with Gasteiger partial charge < -0.3 is 16.2 Å². The first-order valence-electron chi connectivity index (χ1n) is 7.64. The zero-order valence-electron chi connectivity index (χ0n) is 14.0. The Kier molecular flexibility index (Phi) is 5.09. The number of rotatable bonds is 5. The van der Waals surface area contributed by atoms with Crippen LogP contribution in [0.3, 0.4) is 0 Å². The SMILES string of the molecule is CC1(C)CC(C)(C)CC(C)(NC(=O)[C@@H](N)CCC(=O)O)C1. The summed E-state index contributed by atoms with van der Waals surface area (Å²) in [4.78, 5) is 22.8. The number of carbonyl (C=O) groups is 2. The zero-order chi connectivity index (χ0) is 16.5. The van der Waals surface area contributed by atoms with Crippen LogP contribution in [0.25, 0.3) is 0 Å². The van der Waals surface area contributed by atoms with Crippen LogP contribution in [0, 0.1) is 10.8 Å². The van der Waals surface area contributed by atoms with Crippen molar-refractivity contribution in [2.45, 2.75) is 78.3 Å². The van der Waals surface area contributed by atoms with Crippen LogP contribution in [0.4, 0.5) is 0 Å². The summed E-state index contributed by atoms with van der Waals surface area (Å²) in [6, 6.07) is -0.758. The molecule has 0 unspecified atom stereocenters. The predicted octanol–water partition coefficient (Wildman–Crippen LogP) is 2.29. The van der Waals surface area contributed by atoms with Crippen molar-refractivity contribution in [1.82, 2.24) is 5.32 Å². The van der Waals surface area contributed by atoms with Crippen LogP contribution in [-0.2, 0) is 9.59 Å². The fourth-order valence-electron chi connectivity index (χ4n) is 4.48. The highest BCUT2D eigenvalue weighted by molar-refractivity contribution is 5.82. The van der Waals surface area contributed by atoms with Crippen LogP contribution in [0.5, 0.6) is 0 Å². The summed E-state index contributed by atoms with van der Waals surface area (Å²) in [5.74, 6) is -1.17. The molecule has 122 valence electrons. The van der Waals surface area contributed by atoms with Crippen LogP contribution in [0.2, 0.25) is 0 Å². The molecular weight excluding hydrogens is 268 g/mol. The van der Waals surface area contributed by atoms with E-state index >= 15 is 0 Å². The second-order valence-corrected chi connectivity index (χ2v) is 8.45. The number of amides is 1. The Morgan fingerprint density at radius 3 is 2.00 bits per heavy atom. The van der Waals surface area contributed by atoms with E-state index in [4.69, 9.17) is 10.8 Å². The van der Waals surface area contributed by atoms with Gasteiger partial charge in [0.25, 0.3) is 0 Å². The number of nitrogens with two attached hydrogens (primary N) is 1. The van der Waals surface area contributed by atoms with E-state index in [-0.39, 0.29) is 35.1 Å². The van der Waals surface area contributed by atoms with Gasteiger partial charge in [-0.05, 0) is 43.4 Å². The third-order valence-corrected chi connectivity index (χ3v) is 4.13. The van der Waals surface area contributed by atoms with Crippen molar-refractivity contribution in [3.63, 3.8) is 0 Å². The maximum atomic E-state index is 12.2. The van der Waals surface area contributed by atoms with E-state index in [0.29, 0.717) is 0 Å². The Balaban J connectivity index is 2.71. The quantitative estimate of drug-likeness (QED) is 0.726. The van der Waals surface area contributed by atoms with E-state index in [0.717, 1.165) is 19.3 Å². The van der Waals surface area contributed by atoms with Crippen molar-refractivity contribution in [2.75, 3.05) is 0 Å². The van der Waals surface area contributed by atoms with Gasteiger partial charge in [-0.25, -0.2) is 0 Å². The van der Waals surface area contributed by atoms with Gasteiger partial charge in [0.1, 0.15) is 0 Å². The molecule has 0 bridgehead atoms. The van der Waals surface area contributed by atoms with Crippen molar-refractivity contribution >= 4 is 11.9 Å². The maximum Gasteiger partial charge on any atom is 0.303 e. The van der Waals surface area contributed by atoms with Gasteiger partial charge in [-0.3, -0.25) is 9.59 Å². The van der Waals surface area contributed by atoms with Crippen molar-refractivity contribution in [3.8, 4) is 0 Å². The first kappa shape index (κ1) is 18.0. The highest BCUT2D eigenvalue weighted by atomic mass is 16.4. The van der Waals surface area contributed by atoms with Crippen molar-refractivity contribution < 1.29 is 14.7 Å². The Labute approximate surface area is 127 Å². The molecule has 1 fully saturated rings. The lowest BCUT2D eigenvalue weighted by molar-refractivity contribution is -0.137. The molecule has 21 heavy (non-hydrogen) atoms. The first-order valence-corrected chi connectivity index (χ1v) is 7.64. The number of hydrogen-bond donors (Lipinski definition) is 3. The standard InChI is InChI=1S/C16H30N2O3/c1-14(2)8-15(3,4)10-16(5,9-14)18-13(21)11(17)6-7-12(19)20/h11H,6-10,17H2,1-5H3,(H,18,21)(H,19,20)/t11-/m0/s1. The third kappa shape index (κ3) is 5.65. The van der Waals surface area contributed by atoms with Gasteiger partial charge in [0.15, 0.2) is 0 Å². The van der Waals surface area contributed by atoms with Gasteiger partial charge in [-0.15, -0.1) is 0 Å². The molecule has 1 rings (SSSR count). The molecule has 0 spiro atoms. The van der Waals surface area contributed by atoms with Crippen LogP contribution in [0.15, 0.2) is 0 Å². The van der Waals surface area contributed by atoms with Crippen LogP contribution in [0.1, 0.15) is 66.7 Å². The summed E-state index contributed by atoms with van der Waals surface area (Å²) in [7, 11) is 0. The molecule has 4 N–H and O–H groups in total. The minimum Gasteiger partial charge on any atom is -0.481 e. The van der Waals surface area contributed by atoms with Crippen LogP contribution in [-0.4, -0.2) is 28.6 Å². The summed E-state index contributed by atoms with van der Waals surface area (Å²) in [5, 5.41) is 11.7. The number of hydrogen-bond acceptors (Lipinski definition) is 3. The first-order chi connectivity index (χ1) is 9.34. The average molecular weight is 298 g/mol. The maximum absolute atomic E-state index is 12.2. The molecule has 1 amide bonds. The smallest absolute Gasteiger partial charge is 0.303 e. The highest BCUT2D eigenvalue weighted by Gasteiger charge is 2.45. The lowest BCUT2D eigenvalue weighted by Gasteiger charge is -2.51. The highest BCUT2D eigenvalue weighted by Crippen LogP contribution is 2.49. The lowest BCUT2D eigenvalue weighted by atomic mass is 9.59. The van der Waals surface area contributed by atoms with E-state index in [1.807, 2.05) is 0 Å². The largest absolute Gasteiger partial charge is 0.481 e. The van der Waals surface area contributed by atoms with E-state index in [9.17, 15) is 9.59 Å². The molecule has 1 aliphatic rings. The number of carbonyl (C=O) groups excluding carboxylic acids is 1. The third-order valence-electron chi connectivity index (χ3n) is 4.13. The number of nitrogens with one attached hydrogen (secondary N) is 1. The molecule has 1 aliphatic carbocycles. The molecule has 0 aromatic rings. The lowest BCUT2D eigenvalue weighted by Crippen LogP contribution is -2.58. The molecular formula is C16H30N2O3. The zero-order valence-corrected chi connectivity index (χ0v) is 14.0.